The van der Waals surface area contributed by atoms with Gasteiger partial charge in [-0.3, -0.25) is 0 Å². The molecular formula is C11H25N. The molecule has 0 saturated carbocycles. The Labute approximate surface area is 77.7 Å². The molecule has 1 heteroatoms. The number of rotatable bonds is 3. The number of hydrogen-bond donors (Lipinski definition) is 1. The first-order valence-electron chi connectivity index (χ1n) is 4.94. The molecule has 0 rings (SSSR count). The fourth-order valence-electron chi connectivity index (χ4n) is 2.05. The Hall–Kier alpha value is -0.0400. The zero-order valence-corrected chi connectivity index (χ0v) is 9.57. The van der Waals surface area contributed by atoms with Crippen molar-refractivity contribution in [3.63, 3.8) is 0 Å². The zero-order valence-electron chi connectivity index (χ0n) is 9.57. The molecule has 1 atom stereocenters. The summed E-state index contributed by atoms with van der Waals surface area (Å²) in [4.78, 5) is 0. The molecule has 1 unspecified atom stereocenters. The maximum Gasteiger partial charge on any atom is 0.00878 e. The highest BCUT2D eigenvalue weighted by atomic mass is 14.7. The molecule has 0 bridgehead atoms. The van der Waals surface area contributed by atoms with Gasteiger partial charge in [0.25, 0.3) is 0 Å². The molecular weight excluding hydrogens is 146 g/mol. The topological polar surface area (TPSA) is 26.0 Å². The molecule has 0 amide bonds. The van der Waals surface area contributed by atoms with Gasteiger partial charge in [-0.1, -0.05) is 41.5 Å². The number of hydrogen-bond acceptors (Lipinski definition) is 1. The molecule has 1 nitrogen and oxygen atoms in total. The number of nitrogens with two attached hydrogens (primary N) is 1. The van der Waals surface area contributed by atoms with Crippen LogP contribution in [0.1, 0.15) is 54.4 Å². The van der Waals surface area contributed by atoms with Crippen LogP contribution >= 0.6 is 0 Å². The SMILES string of the molecule is CCC(N)C(C)(C)CC(C)(C)C. The molecule has 0 spiro atoms. The first kappa shape index (κ1) is 12.0. The highest BCUT2D eigenvalue weighted by Gasteiger charge is 2.29. The molecule has 74 valence electrons. The van der Waals surface area contributed by atoms with E-state index in [2.05, 4.69) is 41.5 Å². The van der Waals surface area contributed by atoms with Crippen LogP contribution in [0.4, 0.5) is 0 Å². The summed E-state index contributed by atoms with van der Waals surface area (Å²) in [7, 11) is 0. The zero-order chi connectivity index (χ0) is 9.99. The van der Waals surface area contributed by atoms with Crippen LogP contribution in [0.25, 0.3) is 0 Å². The molecule has 0 radical (unpaired) electrons. The summed E-state index contributed by atoms with van der Waals surface area (Å²) in [6.07, 6.45) is 2.26. The van der Waals surface area contributed by atoms with Crippen molar-refractivity contribution >= 4 is 0 Å². The molecule has 0 saturated heterocycles. The summed E-state index contributed by atoms with van der Waals surface area (Å²) < 4.78 is 0. The fraction of sp³-hybridized carbons (Fsp3) is 1.00. The predicted octanol–water partition coefficient (Wildman–Crippen LogP) is 3.19. The van der Waals surface area contributed by atoms with Crippen LogP contribution < -0.4 is 5.73 Å². The Bertz CT molecular complexity index is 130. The van der Waals surface area contributed by atoms with Crippen LogP contribution in [0.5, 0.6) is 0 Å². The Balaban J connectivity index is 4.22. The van der Waals surface area contributed by atoms with Gasteiger partial charge in [0.15, 0.2) is 0 Å². The summed E-state index contributed by atoms with van der Waals surface area (Å²) >= 11 is 0. The summed E-state index contributed by atoms with van der Waals surface area (Å²) in [5.41, 5.74) is 6.71. The van der Waals surface area contributed by atoms with Gasteiger partial charge in [-0.15, -0.1) is 0 Å². The van der Waals surface area contributed by atoms with Crippen molar-refractivity contribution in [2.75, 3.05) is 0 Å². The third-order valence-electron chi connectivity index (χ3n) is 2.43. The third-order valence-corrected chi connectivity index (χ3v) is 2.43. The summed E-state index contributed by atoms with van der Waals surface area (Å²) in [5.74, 6) is 0. The van der Waals surface area contributed by atoms with E-state index < -0.39 is 0 Å². The van der Waals surface area contributed by atoms with Crippen molar-refractivity contribution in [1.82, 2.24) is 0 Å². The van der Waals surface area contributed by atoms with Gasteiger partial charge in [-0.05, 0) is 23.7 Å². The van der Waals surface area contributed by atoms with E-state index in [0.29, 0.717) is 11.5 Å². The molecule has 0 aliphatic heterocycles. The van der Waals surface area contributed by atoms with Crippen LogP contribution in [0.15, 0.2) is 0 Å². The standard InChI is InChI=1S/C11H25N/c1-7-9(12)11(5,6)8-10(2,3)4/h9H,7-8,12H2,1-6H3. The van der Waals surface area contributed by atoms with E-state index in [-0.39, 0.29) is 5.41 Å². The lowest BCUT2D eigenvalue weighted by Crippen LogP contribution is -2.39. The predicted molar refractivity (Wildman–Crippen MR) is 56.1 cm³/mol. The van der Waals surface area contributed by atoms with Gasteiger partial charge >= 0.3 is 0 Å². The van der Waals surface area contributed by atoms with Crippen molar-refractivity contribution in [2.24, 2.45) is 16.6 Å². The van der Waals surface area contributed by atoms with E-state index in [4.69, 9.17) is 5.73 Å². The van der Waals surface area contributed by atoms with E-state index in [1.165, 1.54) is 6.42 Å². The summed E-state index contributed by atoms with van der Waals surface area (Å²) in [6, 6.07) is 0.330. The minimum atomic E-state index is 0.271. The second kappa shape index (κ2) is 3.78. The van der Waals surface area contributed by atoms with E-state index in [1.807, 2.05) is 0 Å². The van der Waals surface area contributed by atoms with Crippen LogP contribution in [-0.2, 0) is 0 Å². The Kier molecular flexibility index (Phi) is 3.77. The normalized spacial score (nSPS) is 16.2. The molecule has 0 aliphatic rings. The van der Waals surface area contributed by atoms with Gasteiger partial charge in [0.2, 0.25) is 0 Å². The first-order valence-corrected chi connectivity index (χ1v) is 4.94. The van der Waals surface area contributed by atoms with Crippen LogP contribution in [0, 0.1) is 10.8 Å². The van der Waals surface area contributed by atoms with Crippen molar-refractivity contribution in [3.05, 3.63) is 0 Å². The maximum atomic E-state index is 6.06. The molecule has 0 aromatic rings. The largest absolute Gasteiger partial charge is 0.327 e. The summed E-state index contributed by atoms with van der Waals surface area (Å²) in [5, 5.41) is 0. The van der Waals surface area contributed by atoms with Gasteiger partial charge in [-0.25, -0.2) is 0 Å². The highest BCUT2D eigenvalue weighted by Crippen LogP contribution is 2.35. The average molecular weight is 171 g/mol. The van der Waals surface area contributed by atoms with Gasteiger partial charge in [0.1, 0.15) is 0 Å². The maximum absolute atomic E-state index is 6.06. The average Bonchev–Trinajstić information content (AvgIpc) is 1.80. The minimum Gasteiger partial charge on any atom is -0.327 e. The van der Waals surface area contributed by atoms with Crippen LogP contribution in [0.3, 0.4) is 0 Å². The Morgan fingerprint density at radius 3 is 1.75 bits per heavy atom. The second-order valence-corrected chi connectivity index (χ2v) is 5.74. The fourth-order valence-corrected chi connectivity index (χ4v) is 2.05. The lowest BCUT2D eigenvalue weighted by molar-refractivity contribution is 0.172. The quantitative estimate of drug-likeness (QED) is 0.693. The van der Waals surface area contributed by atoms with Crippen molar-refractivity contribution in [1.29, 1.82) is 0 Å². The smallest absolute Gasteiger partial charge is 0.00878 e. The van der Waals surface area contributed by atoms with Crippen LogP contribution in [-0.4, -0.2) is 6.04 Å². The third kappa shape index (κ3) is 4.10. The Morgan fingerprint density at radius 2 is 1.50 bits per heavy atom. The molecule has 2 N–H and O–H groups in total. The Morgan fingerprint density at radius 1 is 1.08 bits per heavy atom. The summed E-state index contributed by atoms with van der Waals surface area (Å²) in [6.45, 7) is 13.5. The molecule has 0 aliphatic carbocycles. The molecule has 0 aromatic heterocycles. The first-order chi connectivity index (χ1) is 5.19. The van der Waals surface area contributed by atoms with Crippen molar-refractivity contribution in [2.45, 2.75) is 60.4 Å². The minimum absolute atomic E-state index is 0.271. The van der Waals surface area contributed by atoms with Crippen molar-refractivity contribution < 1.29 is 0 Å². The lowest BCUT2D eigenvalue weighted by atomic mass is 9.71. The molecule has 0 heterocycles. The van der Waals surface area contributed by atoms with E-state index in [0.717, 1.165) is 6.42 Å². The van der Waals surface area contributed by atoms with Crippen molar-refractivity contribution in [3.8, 4) is 0 Å². The van der Waals surface area contributed by atoms with Crippen LogP contribution in [0.2, 0.25) is 0 Å². The molecule has 0 fully saturated rings. The van der Waals surface area contributed by atoms with E-state index in [1.54, 1.807) is 0 Å². The van der Waals surface area contributed by atoms with Gasteiger partial charge < -0.3 is 5.73 Å². The van der Waals surface area contributed by atoms with E-state index in [9.17, 15) is 0 Å². The van der Waals surface area contributed by atoms with E-state index >= 15 is 0 Å². The van der Waals surface area contributed by atoms with Gasteiger partial charge in [-0.2, -0.15) is 0 Å². The lowest BCUT2D eigenvalue weighted by Gasteiger charge is -2.36. The van der Waals surface area contributed by atoms with Gasteiger partial charge in [0, 0.05) is 6.04 Å². The molecule has 0 aromatic carbocycles. The highest BCUT2D eigenvalue weighted by molar-refractivity contribution is 4.84. The van der Waals surface area contributed by atoms with Gasteiger partial charge in [0.05, 0.1) is 0 Å². The second-order valence-electron chi connectivity index (χ2n) is 5.74. The monoisotopic (exact) mass is 171 g/mol. The molecule has 12 heavy (non-hydrogen) atoms.